The minimum Gasteiger partial charge on any atom is -0.103 e. The van der Waals surface area contributed by atoms with E-state index in [9.17, 15) is 0 Å². The third kappa shape index (κ3) is 13.6. The van der Waals surface area contributed by atoms with Gasteiger partial charge in [0.15, 0.2) is 0 Å². The van der Waals surface area contributed by atoms with Crippen LogP contribution >= 0.6 is 0 Å². The topological polar surface area (TPSA) is 0 Å². The minimum atomic E-state index is 0.399. The maximum Gasteiger partial charge on any atom is -0.0199 e. The molecule has 0 fully saturated rings. The maximum absolute atomic E-state index is 3.97. The molecule has 0 nitrogen and oxygen atoms in total. The van der Waals surface area contributed by atoms with Gasteiger partial charge in [0.1, 0.15) is 0 Å². The van der Waals surface area contributed by atoms with Gasteiger partial charge in [0, 0.05) is 0 Å². The van der Waals surface area contributed by atoms with Gasteiger partial charge in [-0.05, 0) is 48.9 Å². The van der Waals surface area contributed by atoms with Crippen LogP contribution in [-0.2, 0) is 0 Å². The van der Waals surface area contributed by atoms with Crippen LogP contribution in [0.25, 0.3) is 0 Å². The summed E-state index contributed by atoms with van der Waals surface area (Å²) in [5.41, 5.74) is 0.805. The van der Waals surface area contributed by atoms with Crippen LogP contribution in [0.1, 0.15) is 73.6 Å². The Morgan fingerprint density at radius 1 is 0.800 bits per heavy atom. The first-order chi connectivity index (χ1) is 9.14. The highest BCUT2D eigenvalue weighted by Crippen LogP contribution is 2.21. The zero-order valence-electron chi connectivity index (χ0n) is 14.7. The third-order valence-electron chi connectivity index (χ3n) is 3.27. The van der Waals surface area contributed by atoms with E-state index >= 15 is 0 Å². The van der Waals surface area contributed by atoms with E-state index in [1.807, 2.05) is 0 Å². The monoisotopic (exact) mass is 276 g/mol. The van der Waals surface area contributed by atoms with Gasteiger partial charge in [-0.25, -0.2) is 0 Å². The molecule has 0 aliphatic carbocycles. The summed E-state index contributed by atoms with van der Waals surface area (Å²) in [6.07, 6.45) is 17.3. The third-order valence-corrected chi connectivity index (χ3v) is 3.27. The number of hydrogen-bond donors (Lipinski definition) is 0. The number of allylic oxidation sites excluding steroid dienone is 5. The molecule has 1 unspecified atom stereocenters. The Morgan fingerprint density at radius 3 is 1.75 bits per heavy atom. The van der Waals surface area contributed by atoms with E-state index < -0.39 is 0 Å². The van der Waals surface area contributed by atoms with Gasteiger partial charge in [0.25, 0.3) is 0 Å². The molecule has 0 aliphatic heterocycles. The van der Waals surface area contributed by atoms with Crippen molar-refractivity contribution < 1.29 is 0 Å². The van der Waals surface area contributed by atoms with Crippen LogP contribution in [0.2, 0.25) is 0 Å². The van der Waals surface area contributed by atoms with E-state index in [0.717, 1.165) is 19.3 Å². The lowest BCUT2D eigenvalue weighted by atomic mass is 9.91. The Labute approximate surface area is 128 Å². The first-order valence-corrected chi connectivity index (χ1v) is 8.06. The second-order valence-corrected chi connectivity index (χ2v) is 8.28. The lowest BCUT2D eigenvalue weighted by Crippen LogP contribution is -2.02. The summed E-state index contributed by atoms with van der Waals surface area (Å²) >= 11 is 0. The second kappa shape index (κ2) is 9.21. The van der Waals surface area contributed by atoms with Gasteiger partial charge in [0.2, 0.25) is 0 Å². The van der Waals surface area contributed by atoms with Crippen molar-refractivity contribution in [2.45, 2.75) is 73.6 Å². The van der Waals surface area contributed by atoms with Crippen molar-refractivity contribution in [1.82, 2.24) is 0 Å². The van der Waals surface area contributed by atoms with Gasteiger partial charge >= 0.3 is 0 Å². The molecular weight excluding hydrogens is 240 g/mol. The van der Waals surface area contributed by atoms with Crippen LogP contribution in [0.5, 0.6) is 0 Å². The zero-order chi connectivity index (χ0) is 15.6. The van der Waals surface area contributed by atoms with Crippen LogP contribution in [-0.4, -0.2) is 0 Å². The fourth-order valence-electron chi connectivity index (χ4n) is 1.90. The second-order valence-electron chi connectivity index (χ2n) is 8.28. The maximum atomic E-state index is 3.97. The highest BCUT2D eigenvalue weighted by molar-refractivity contribution is 4.93. The van der Waals surface area contributed by atoms with Gasteiger partial charge in [-0.15, -0.1) is 6.58 Å². The van der Waals surface area contributed by atoms with Gasteiger partial charge in [-0.1, -0.05) is 71.9 Å². The smallest absolute Gasteiger partial charge is 0.0199 e. The van der Waals surface area contributed by atoms with E-state index in [0.29, 0.717) is 16.7 Å². The van der Waals surface area contributed by atoms with Gasteiger partial charge in [0.05, 0.1) is 0 Å². The summed E-state index contributed by atoms with van der Waals surface area (Å²) in [7, 11) is 0. The quantitative estimate of drug-likeness (QED) is 0.421. The van der Waals surface area contributed by atoms with Crippen molar-refractivity contribution >= 4 is 0 Å². The SMILES string of the molecule is C=CC(C/C=C\CC(C)(C)C)CC/C=C/CC(C)(C)C. The van der Waals surface area contributed by atoms with Gasteiger partial charge in [-0.3, -0.25) is 0 Å². The van der Waals surface area contributed by atoms with Crippen LogP contribution in [0, 0.1) is 16.7 Å². The van der Waals surface area contributed by atoms with Crippen LogP contribution in [0.4, 0.5) is 0 Å². The van der Waals surface area contributed by atoms with Crippen molar-refractivity contribution in [3.8, 4) is 0 Å². The molecule has 0 aromatic rings. The summed E-state index contributed by atoms with van der Waals surface area (Å²) < 4.78 is 0. The Balaban J connectivity index is 3.91. The van der Waals surface area contributed by atoms with Gasteiger partial charge < -0.3 is 0 Å². The molecule has 0 radical (unpaired) electrons. The lowest BCUT2D eigenvalue weighted by molar-refractivity contribution is 0.419. The molecule has 0 saturated carbocycles. The minimum absolute atomic E-state index is 0.399. The Kier molecular flexibility index (Phi) is 8.85. The van der Waals surface area contributed by atoms with E-state index in [1.165, 1.54) is 12.8 Å². The average Bonchev–Trinajstić information content (AvgIpc) is 2.28. The number of hydrogen-bond acceptors (Lipinski definition) is 0. The van der Waals surface area contributed by atoms with Crippen molar-refractivity contribution in [3.05, 3.63) is 37.0 Å². The Morgan fingerprint density at radius 2 is 1.30 bits per heavy atom. The lowest BCUT2D eigenvalue weighted by Gasteiger charge is -2.15. The molecular formula is C20H36. The molecule has 0 aromatic carbocycles. The van der Waals surface area contributed by atoms with Crippen LogP contribution in [0.15, 0.2) is 37.0 Å². The first kappa shape index (κ1) is 19.2. The fourth-order valence-corrected chi connectivity index (χ4v) is 1.90. The van der Waals surface area contributed by atoms with E-state index in [4.69, 9.17) is 0 Å². The highest BCUT2D eigenvalue weighted by Gasteiger charge is 2.07. The number of rotatable bonds is 8. The summed E-state index contributed by atoms with van der Waals surface area (Å²) in [5, 5.41) is 0. The van der Waals surface area contributed by atoms with Gasteiger partial charge in [-0.2, -0.15) is 0 Å². The van der Waals surface area contributed by atoms with Crippen LogP contribution in [0.3, 0.4) is 0 Å². The van der Waals surface area contributed by atoms with Crippen molar-refractivity contribution in [1.29, 1.82) is 0 Å². The highest BCUT2D eigenvalue weighted by atomic mass is 14.1. The van der Waals surface area contributed by atoms with E-state index in [2.05, 4.69) is 78.5 Å². The molecule has 0 bridgehead atoms. The van der Waals surface area contributed by atoms with E-state index in [1.54, 1.807) is 0 Å². The average molecular weight is 277 g/mol. The molecule has 0 spiro atoms. The largest absolute Gasteiger partial charge is 0.103 e. The first-order valence-electron chi connectivity index (χ1n) is 8.06. The molecule has 0 rings (SSSR count). The summed E-state index contributed by atoms with van der Waals surface area (Å²) in [6.45, 7) is 17.7. The molecule has 0 heterocycles. The zero-order valence-corrected chi connectivity index (χ0v) is 14.7. The summed E-state index contributed by atoms with van der Waals surface area (Å²) in [4.78, 5) is 0. The molecule has 0 amide bonds. The molecule has 0 aliphatic rings. The molecule has 0 N–H and O–H groups in total. The predicted molar refractivity (Wildman–Crippen MR) is 94.0 cm³/mol. The predicted octanol–water partition coefficient (Wildman–Crippen LogP) is 6.94. The molecule has 0 aromatic heterocycles. The van der Waals surface area contributed by atoms with Crippen LogP contribution < -0.4 is 0 Å². The van der Waals surface area contributed by atoms with Crippen molar-refractivity contribution in [3.63, 3.8) is 0 Å². The Hall–Kier alpha value is -0.780. The molecule has 116 valence electrons. The fraction of sp³-hybridized carbons (Fsp3) is 0.700. The molecule has 20 heavy (non-hydrogen) atoms. The molecule has 0 heteroatoms. The Bertz CT molecular complexity index is 304. The normalized spacial score (nSPS) is 15.1. The summed E-state index contributed by atoms with van der Waals surface area (Å²) in [5.74, 6) is 0.616. The molecule has 0 saturated heterocycles. The van der Waals surface area contributed by atoms with Crippen molar-refractivity contribution in [2.75, 3.05) is 0 Å². The van der Waals surface area contributed by atoms with E-state index in [-0.39, 0.29) is 0 Å². The van der Waals surface area contributed by atoms with Crippen molar-refractivity contribution in [2.24, 2.45) is 16.7 Å². The standard InChI is InChI=1S/C20H36/c1-8-18(15-11-13-17-20(5,6)7)14-10-9-12-16-19(2,3)4/h8-9,11-13,18H,1,10,14-17H2,2-7H3/b12-9+,13-11-. The molecule has 1 atom stereocenters. The summed E-state index contributed by atoms with van der Waals surface area (Å²) in [6, 6.07) is 0.